The highest BCUT2D eigenvalue weighted by Gasteiger charge is 2.45. The molecule has 0 aromatic heterocycles. The van der Waals surface area contributed by atoms with Crippen LogP contribution in [0.25, 0.3) is 0 Å². The highest BCUT2D eigenvalue weighted by atomic mass is 79.9. The van der Waals surface area contributed by atoms with Gasteiger partial charge in [-0.05, 0) is 30.5 Å². The largest absolute Gasteiger partial charge is 0.370 e. The maximum Gasteiger partial charge on any atom is 0.217 e. The fraction of sp³-hybridized carbons (Fsp3) is 0.579. The number of nitriles is 1. The molecule has 3 rings (SSSR count). The average Bonchev–Trinajstić information content (AvgIpc) is 2.59. The van der Waals surface area contributed by atoms with Crippen molar-refractivity contribution in [2.45, 2.75) is 50.8 Å². The smallest absolute Gasteiger partial charge is 0.217 e. The number of nitrogens with one attached hydrogen (secondary N) is 1. The first-order valence-electron chi connectivity index (χ1n) is 8.84. The molecule has 0 radical (unpaired) electrons. The number of nitrogens with zero attached hydrogens (tertiary/aromatic N) is 2. The number of carbonyl (C=O) groups excluding carboxylic acids is 1. The number of rotatable bonds is 3. The van der Waals surface area contributed by atoms with Gasteiger partial charge in [-0.25, -0.2) is 0 Å². The van der Waals surface area contributed by atoms with Crippen LogP contribution in [0.15, 0.2) is 22.7 Å². The minimum absolute atomic E-state index is 0.0156. The van der Waals surface area contributed by atoms with E-state index in [0.717, 1.165) is 49.8 Å². The zero-order chi connectivity index (χ0) is 17.9. The highest BCUT2D eigenvalue weighted by Crippen LogP contribution is 2.35. The molecule has 1 N–H and O–H groups in total. The lowest BCUT2D eigenvalue weighted by Crippen LogP contribution is -2.63. The second-order valence-electron chi connectivity index (χ2n) is 7.04. The summed E-state index contributed by atoms with van der Waals surface area (Å²) in [6.07, 6.45) is 4.25. The molecule has 1 heterocycles. The van der Waals surface area contributed by atoms with E-state index in [1.807, 2.05) is 18.2 Å². The first-order valence-corrected chi connectivity index (χ1v) is 9.64. The van der Waals surface area contributed by atoms with Gasteiger partial charge in [-0.15, -0.1) is 0 Å². The molecule has 1 saturated carbocycles. The maximum absolute atomic E-state index is 11.6. The van der Waals surface area contributed by atoms with Crippen molar-refractivity contribution < 1.29 is 9.53 Å². The third-order valence-electron chi connectivity index (χ3n) is 5.22. The predicted octanol–water partition coefficient (Wildman–Crippen LogP) is 2.97. The Balaban J connectivity index is 1.74. The Morgan fingerprint density at radius 1 is 1.52 bits per heavy atom. The van der Waals surface area contributed by atoms with E-state index in [1.54, 1.807) is 6.92 Å². The lowest BCUT2D eigenvalue weighted by Gasteiger charge is -2.49. The van der Waals surface area contributed by atoms with Crippen LogP contribution in [0.5, 0.6) is 0 Å². The van der Waals surface area contributed by atoms with Crippen LogP contribution in [0.1, 0.15) is 43.7 Å². The van der Waals surface area contributed by atoms with Gasteiger partial charge in [0.05, 0.1) is 24.3 Å². The van der Waals surface area contributed by atoms with Crippen molar-refractivity contribution in [2.75, 3.05) is 19.7 Å². The number of ether oxygens (including phenoxy) is 1. The van der Waals surface area contributed by atoms with Crippen LogP contribution in [0.2, 0.25) is 0 Å². The van der Waals surface area contributed by atoms with Gasteiger partial charge in [0.15, 0.2) is 0 Å². The molecular formula is C19H24BrN3O2. The number of amides is 1. The lowest BCUT2D eigenvalue weighted by molar-refractivity contribution is -0.150. The van der Waals surface area contributed by atoms with Crippen LogP contribution in [0.3, 0.4) is 0 Å². The van der Waals surface area contributed by atoms with Gasteiger partial charge in [-0.2, -0.15) is 5.26 Å². The zero-order valence-electron chi connectivity index (χ0n) is 14.6. The second-order valence-corrected chi connectivity index (χ2v) is 7.90. The van der Waals surface area contributed by atoms with Crippen LogP contribution >= 0.6 is 15.9 Å². The van der Waals surface area contributed by atoms with E-state index in [-0.39, 0.29) is 17.6 Å². The molecule has 1 spiro atoms. The fourth-order valence-electron chi connectivity index (χ4n) is 4.02. The summed E-state index contributed by atoms with van der Waals surface area (Å²) >= 11 is 3.58. The summed E-state index contributed by atoms with van der Waals surface area (Å²) in [5, 5.41) is 12.1. The molecule has 134 valence electrons. The van der Waals surface area contributed by atoms with Gasteiger partial charge >= 0.3 is 0 Å². The third kappa shape index (κ3) is 4.22. The molecule has 1 amide bonds. The van der Waals surface area contributed by atoms with E-state index in [1.165, 1.54) is 5.56 Å². The van der Waals surface area contributed by atoms with Crippen molar-refractivity contribution in [1.29, 1.82) is 5.26 Å². The van der Waals surface area contributed by atoms with Gasteiger partial charge in [-0.3, -0.25) is 9.69 Å². The van der Waals surface area contributed by atoms with E-state index in [4.69, 9.17) is 10.00 Å². The van der Waals surface area contributed by atoms with E-state index >= 15 is 0 Å². The quantitative estimate of drug-likeness (QED) is 0.839. The van der Waals surface area contributed by atoms with E-state index in [2.05, 4.69) is 32.2 Å². The van der Waals surface area contributed by atoms with Crippen molar-refractivity contribution in [3.63, 3.8) is 0 Å². The minimum atomic E-state index is -0.277. The van der Waals surface area contributed by atoms with Crippen LogP contribution < -0.4 is 5.32 Å². The van der Waals surface area contributed by atoms with Gasteiger partial charge in [0.1, 0.15) is 5.60 Å². The van der Waals surface area contributed by atoms with Crippen LogP contribution in [-0.2, 0) is 16.1 Å². The van der Waals surface area contributed by atoms with Crippen molar-refractivity contribution in [2.24, 2.45) is 0 Å². The molecule has 0 bridgehead atoms. The van der Waals surface area contributed by atoms with Gasteiger partial charge in [0.2, 0.25) is 5.91 Å². The Morgan fingerprint density at radius 2 is 2.36 bits per heavy atom. The zero-order valence-corrected chi connectivity index (χ0v) is 16.1. The topological polar surface area (TPSA) is 65.4 Å². The Morgan fingerprint density at radius 3 is 3.08 bits per heavy atom. The third-order valence-corrected chi connectivity index (χ3v) is 5.96. The fourth-order valence-corrected chi connectivity index (χ4v) is 4.53. The predicted molar refractivity (Wildman–Crippen MR) is 98.9 cm³/mol. The first-order chi connectivity index (χ1) is 12.0. The normalized spacial score (nSPS) is 27.0. The van der Waals surface area contributed by atoms with Crippen molar-refractivity contribution in [1.82, 2.24) is 10.2 Å². The molecule has 2 unspecified atom stereocenters. The van der Waals surface area contributed by atoms with Crippen LogP contribution in [0, 0.1) is 11.3 Å². The Kier molecular flexibility index (Phi) is 5.78. The summed E-state index contributed by atoms with van der Waals surface area (Å²) in [4.78, 5) is 14.0. The van der Waals surface area contributed by atoms with Crippen LogP contribution in [0.4, 0.5) is 0 Å². The first kappa shape index (κ1) is 18.4. The van der Waals surface area contributed by atoms with Crippen molar-refractivity contribution in [3.8, 4) is 6.07 Å². The molecule has 6 heteroatoms. The number of morpholine rings is 1. The number of carbonyl (C=O) groups is 1. The molecule has 2 fully saturated rings. The molecule has 1 aromatic rings. The molecular weight excluding hydrogens is 382 g/mol. The van der Waals surface area contributed by atoms with Gasteiger partial charge in [0, 0.05) is 31.0 Å². The SMILES string of the molecule is CC(=O)NC1CCCCC12CN(Cc1ccc(C#N)cc1Br)CCO2. The number of benzene rings is 1. The summed E-state index contributed by atoms with van der Waals surface area (Å²) in [6.45, 7) is 4.77. The summed E-state index contributed by atoms with van der Waals surface area (Å²) in [7, 11) is 0. The summed E-state index contributed by atoms with van der Waals surface area (Å²) in [6, 6.07) is 7.99. The number of hydrogen-bond acceptors (Lipinski definition) is 4. The Hall–Kier alpha value is -1.42. The highest BCUT2D eigenvalue weighted by molar-refractivity contribution is 9.10. The Labute approximate surface area is 157 Å². The van der Waals surface area contributed by atoms with Gasteiger partial charge < -0.3 is 10.1 Å². The average molecular weight is 406 g/mol. The van der Waals surface area contributed by atoms with Crippen LogP contribution in [-0.4, -0.2) is 42.1 Å². The molecule has 25 heavy (non-hydrogen) atoms. The molecule has 1 aromatic carbocycles. The molecule has 2 atom stereocenters. The summed E-state index contributed by atoms with van der Waals surface area (Å²) in [5.41, 5.74) is 1.55. The number of halogens is 1. The molecule has 1 aliphatic heterocycles. The minimum Gasteiger partial charge on any atom is -0.370 e. The molecule has 1 saturated heterocycles. The van der Waals surface area contributed by atoms with Gasteiger partial charge in [0.25, 0.3) is 0 Å². The van der Waals surface area contributed by atoms with Crippen molar-refractivity contribution >= 4 is 21.8 Å². The second kappa shape index (κ2) is 7.86. The van der Waals surface area contributed by atoms with E-state index in [0.29, 0.717) is 12.2 Å². The molecule has 2 aliphatic rings. The molecule has 1 aliphatic carbocycles. The van der Waals surface area contributed by atoms with E-state index < -0.39 is 0 Å². The monoisotopic (exact) mass is 405 g/mol. The van der Waals surface area contributed by atoms with Crippen molar-refractivity contribution in [3.05, 3.63) is 33.8 Å². The lowest BCUT2D eigenvalue weighted by atomic mass is 9.78. The summed E-state index contributed by atoms with van der Waals surface area (Å²) in [5.74, 6) is 0.0156. The van der Waals surface area contributed by atoms with Gasteiger partial charge in [-0.1, -0.05) is 34.8 Å². The van der Waals surface area contributed by atoms with E-state index in [9.17, 15) is 4.79 Å². The Bertz CT molecular complexity index is 684. The summed E-state index contributed by atoms with van der Waals surface area (Å²) < 4.78 is 7.21. The maximum atomic E-state index is 11.6. The number of hydrogen-bond donors (Lipinski definition) is 1. The standard InChI is InChI=1S/C19H24BrN3O2/c1-14(24)22-18-4-2-3-7-19(18)13-23(8-9-25-19)12-16-6-5-15(11-21)10-17(16)20/h5-6,10,18H,2-4,7-9,12-13H2,1H3,(H,22,24). The molecule has 5 nitrogen and oxygen atoms in total.